The highest BCUT2D eigenvalue weighted by Crippen LogP contribution is 2.47. The quantitative estimate of drug-likeness (QED) is 0.0206. The van der Waals surface area contributed by atoms with Gasteiger partial charge in [0.25, 0.3) is 0 Å². The number of likely N-dealkylation sites (N-methyl/N-ethyl adjacent to an activating group) is 4. The van der Waals surface area contributed by atoms with E-state index in [1.807, 2.05) is 234 Å². The number of hydrogen-bond acceptors (Lipinski definition) is 19. The van der Waals surface area contributed by atoms with Gasteiger partial charge in [-0.05, 0) is 170 Å². The number of ketones is 2. The van der Waals surface area contributed by atoms with Crippen molar-refractivity contribution in [2.45, 2.75) is 233 Å². The number of carbonyl (C=O) groups excluding carboxylic acids is 5. The van der Waals surface area contributed by atoms with Crippen LogP contribution in [0, 0.1) is 23.7 Å². The Labute approximate surface area is 697 Å². The van der Waals surface area contributed by atoms with Gasteiger partial charge >= 0.3 is 29.8 Å². The lowest BCUT2D eigenvalue weighted by Gasteiger charge is -2.56. The summed E-state index contributed by atoms with van der Waals surface area (Å²) in [6.07, 6.45) is 12.7. The van der Waals surface area contributed by atoms with Gasteiger partial charge in [-0.2, -0.15) is 10.1 Å². The maximum Gasteiger partial charge on any atom is 0.418 e. The molecule has 4 N–H and O–H groups in total. The minimum absolute atomic E-state index is 0. The number of anilines is 2. The van der Waals surface area contributed by atoms with E-state index in [-0.39, 0.29) is 92.0 Å². The number of esters is 2. The van der Waals surface area contributed by atoms with E-state index in [1.165, 1.54) is 5.69 Å². The van der Waals surface area contributed by atoms with Crippen LogP contribution in [0.2, 0.25) is 0 Å². The van der Waals surface area contributed by atoms with E-state index in [0.717, 1.165) is 72.9 Å². The molecule has 1 amide bonds. The Bertz CT molecular complexity index is 3990. The third kappa shape index (κ3) is 27.7. The van der Waals surface area contributed by atoms with Gasteiger partial charge in [0.15, 0.2) is 12.2 Å². The predicted molar refractivity (Wildman–Crippen MR) is 444 cm³/mol. The Morgan fingerprint density at radius 1 is 0.548 bits per heavy atom. The molecule has 0 saturated carbocycles. The summed E-state index contributed by atoms with van der Waals surface area (Å²) in [5.74, 6) is -2.18. The SMILES string of the molecule is CCCCOC(=O)C(CC(CC(C)c1ccccc1)C(=O)N(C)CCN(C)c1ccc(N=Nc2[nH+]ccn2C)cc1)ON1C(C)(CC)CC(=O)C(C)C1(C)CC.CCCCOC(=O)C(CC(CC(C)c1ccccc1)C(=O)O)ON1C(C)(CC)CC(=O)C(C)C1(C)CC.CNCCN(C)c1ccc(N=Nc2[nH+]ccn2C)cc1.[Cl-].[Cl-]. The van der Waals surface area contributed by atoms with Crippen LogP contribution in [-0.4, -0.2) is 167 Å². The number of hydrogen-bond donors (Lipinski definition) is 2. The molecule has 0 aliphatic carbocycles. The highest BCUT2D eigenvalue weighted by molar-refractivity contribution is 5.85. The van der Waals surface area contributed by atoms with E-state index in [1.54, 1.807) is 11.1 Å². The number of carboxylic acids is 1. The number of hydroxylamine groups is 4. The molecule has 12 atom stereocenters. The first-order chi connectivity index (χ1) is 53.8. The minimum Gasteiger partial charge on any atom is -1.00 e. The molecule has 0 radical (unpaired) electrons. The van der Waals surface area contributed by atoms with Crippen LogP contribution in [0.1, 0.15) is 210 Å². The third-order valence-corrected chi connectivity index (χ3v) is 23.6. The molecule has 27 heteroatoms. The Morgan fingerprint density at radius 2 is 0.930 bits per heavy atom. The number of rotatable bonds is 40. The van der Waals surface area contributed by atoms with Gasteiger partial charge in [0.2, 0.25) is 5.91 Å². The van der Waals surface area contributed by atoms with Gasteiger partial charge in [-0.3, -0.25) is 28.9 Å². The molecular formula is C88H134Cl2N14O11. The molecular weight excluding hydrogens is 1500 g/mol. The van der Waals surface area contributed by atoms with Crippen molar-refractivity contribution in [2.24, 2.45) is 58.2 Å². The van der Waals surface area contributed by atoms with E-state index < -0.39 is 64.1 Å². The first-order valence-electron chi connectivity index (χ1n) is 40.9. The molecule has 2 aliphatic heterocycles. The van der Waals surface area contributed by atoms with Crippen LogP contribution in [0.5, 0.6) is 0 Å². The molecule has 115 heavy (non-hydrogen) atoms. The number of piperidine rings is 2. The molecule has 4 heterocycles. The summed E-state index contributed by atoms with van der Waals surface area (Å²) in [7, 11) is 11.7. The number of aliphatic carboxylic acids is 1. The smallest absolute Gasteiger partial charge is 0.418 e. The molecule has 0 spiro atoms. The highest BCUT2D eigenvalue weighted by atomic mass is 35.5. The van der Waals surface area contributed by atoms with Crippen LogP contribution < -0.4 is 49.9 Å². The van der Waals surface area contributed by atoms with Crippen LogP contribution in [-0.2, 0) is 62.0 Å². The van der Waals surface area contributed by atoms with Crippen molar-refractivity contribution >= 4 is 70.0 Å². The van der Waals surface area contributed by atoms with E-state index in [4.69, 9.17) is 19.1 Å². The maximum atomic E-state index is 14.6. The summed E-state index contributed by atoms with van der Waals surface area (Å²) in [4.78, 5) is 106. The summed E-state index contributed by atoms with van der Waals surface area (Å²) in [6, 6.07) is 35.8. The zero-order chi connectivity index (χ0) is 83.2. The number of aromatic nitrogens is 4. The molecule has 2 saturated heterocycles. The number of halogens is 2. The second kappa shape index (κ2) is 47.8. The Morgan fingerprint density at radius 3 is 1.28 bits per heavy atom. The molecule has 0 bridgehead atoms. The molecule has 12 unspecified atom stereocenters. The number of aryl methyl sites for hydroxylation is 2. The number of benzene rings is 4. The second-order valence-electron chi connectivity index (χ2n) is 31.9. The number of azo groups is 2. The zero-order valence-corrected chi connectivity index (χ0v) is 73.7. The zero-order valence-electron chi connectivity index (χ0n) is 72.2. The average Bonchev–Trinajstić information content (AvgIpc) is 1.03. The molecule has 8 rings (SSSR count). The van der Waals surface area contributed by atoms with Crippen molar-refractivity contribution in [1.82, 2.24) is 29.5 Å². The molecule has 6 aromatic rings. The number of Topliss-reactive ketones (excluding diaryl/α,β-unsaturated/α-hetero) is 2. The molecule has 2 aromatic heterocycles. The molecule has 25 nitrogen and oxygen atoms in total. The van der Waals surface area contributed by atoms with E-state index in [0.29, 0.717) is 70.4 Å². The van der Waals surface area contributed by atoms with Gasteiger partial charge in [-0.15, -0.1) is 0 Å². The van der Waals surface area contributed by atoms with Gasteiger partial charge in [0.1, 0.15) is 22.9 Å². The number of H-pyrrole nitrogens is 2. The lowest BCUT2D eigenvalue weighted by molar-refractivity contribution is -0.362. The van der Waals surface area contributed by atoms with Crippen molar-refractivity contribution < 1.29 is 87.8 Å². The number of imidazole rings is 2. The Hall–Kier alpha value is -8.30. The normalized spacial score (nSPS) is 21.2. The van der Waals surface area contributed by atoms with Crippen LogP contribution in [0.25, 0.3) is 0 Å². The maximum absolute atomic E-state index is 14.6. The fourth-order valence-corrected chi connectivity index (χ4v) is 14.7. The van der Waals surface area contributed by atoms with Crippen LogP contribution in [0.4, 0.5) is 34.6 Å². The van der Waals surface area contributed by atoms with Crippen molar-refractivity contribution in [3.63, 3.8) is 0 Å². The first-order valence-corrected chi connectivity index (χ1v) is 40.9. The second-order valence-corrected chi connectivity index (χ2v) is 31.9. The largest absolute Gasteiger partial charge is 1.00 e. The summed E-state index contributed by atoms with van der Waals surface area (Å²) in [5.41, 5.74) is 3.36. The minimum atomic E-state index is -1.09. The van der Waals surface area contributed by atoms with Gasteiger partial charge < -0.3 is 59.4 Å². The predicted octanol–water partition coefficient (Wildman–Crippen LogP) is 10.3. The average molecular weight is 1640 g/mol. The fraction of sp³-hybridized carbons (Fsp3) is 0.591. The highest BCUT2D eigenvalue weighted by Gasteiger charge is 2.57. The number of nitrogens with one attached hydrogen (secondary N) is 3. The lowest BCUT2D eigenvalue weighted by atomic mass is 9.70. The van der Waals surface area contributed by atoms with Crippen molar-refractivity contribution in [3.8, 4) is 0 Å². The third-order valence-electron chi connectivity index (χ3n) is 23.6. The fourth-order valence-electron chi connectivity index (χ4n) is 14.7. The van der Waals surface area contributed by atoms with Crippen molar-refractivity contribution in [2.75, 3.05) is 77.4 Å². The summed E-state index contributed by atoms with van der Waals surface area (Å²) in [5, 5.41) is 34.0. The van der Waals surface area contributed by atoms with Crippen molar-refractivity contribution in [1.29, 1.82) is 0 Å². The molecule has 636 valence electrons. The monoisotopic (exact) mass is 1630 g/mol. The number of unbranched alkanes of at least 4 members (excludes halogenated alkanes) is 2. The number of aromatic amines is 2. The van der Waals surface area contributed by atoms with Gasteiger partial charge in [0.05, 0.1) is 80.2 Å². The molecule has 2 fully saturated rings. The van der Waals surface area contributed by atoms with E-state index >= 15 is 0 Å². The van der Waals surface area contributed by atoms with Gasteiger partial charge in [0, 0.05) is 99.5 Å². The number of carbonyl (C=O) groups is 6. The summed E-state index contributed by atoms with van der Waals surface area (Å²) < 4.78 is 15.1. The van der Waals surface area contributed by atoms with Gasteiger partial charge in [-0.1, -0.05) is 153 Å². The molecule has 4 aromatic carbocycles. The van der Waals surface area contributed by atoms with Crippen LogP contribution >= 0.6 is 0 Å². The van der Waals surface area contributed by atoms with Crippen LogP contribution in [0.15, 0.2) is 154 Å². The van der Waals surface area contributed by atoms with E-state index in [9.17, 15) is 33.9 Å². The first kappa shape index (κ1) is 99.1. The standard InChI is InChI=1S/C44H65N7O5.C30H47NO6.C14H20N6.2ClH/c1-11-14-28-55-41(54)39(56-51-43(6,12-2)31-38(52)33(5)44(51,7)13-3)30-35(29-32(4)34-18-16-15-17-19-34)40(53)49(9)27-26-48(8)37-22-20-36(21-23-37)46-47-42-45-24-25-50(42)10;1-8-11-17-36-28(35)26(19-24(27(33)34)18-21(4)23-15-13-12-14-16-23)37-31-29(6,9-2)20-25(32)22(5)30(31,7)10-3;1-15-8-10-19(2)13-6-4-12(5-7-13)17-18-14-16-9-11-20(14)3;;/h15-25,32-33,35,39H,11-14,26-31H2,1-10H3;12-16,21-22,24,26H,8-11,17-20H2,1-7H3,(H,33,34);4-7,9,11,15H,8,10H2,1-3H3;2*1H. The van der Waals surface area contributed by atoms with E-state index in [2.05, 4.69) is 97.6 Å². The number of carboxylic acid groups (broad SMARTS) is 1. The van der Waals surface area contributed by atoms with Crippen LogP contribution in [0.3, 0.4) is 0 Å². The summed E-state index contributed by atoms with van der Waals surface area (Å²) in [6.45, 7) is 31.8. The lowest BCUT2D eigenvalue weighted by Crippen LogP contribution is -3.00. The number of amides is 1. The van der Waals surface area contributed by atoms with Crippen molar-refractivity contribution in [3.05, 3.63) is 145 Å². The number of nitrogens with zero attached hydrogens (tertiary/aromatic N) is 11. The molecule has 2 aliphatic rings. The summed E-state index contributed by atoms with van der Waals surface area (Å²) >= 11 is 0. The Kier molecular flexibility index (Phi) is 41.2. The van der Waals surface area contributed by atoms with Gasteiger partial charge in [-0.25, -0.2) is 28.7 Å². The Balaban J connectivity index is 0.000000403. The number of ether oxygens (including phenoxy) is 2. The topological polar surface area (TPSA) is 275 Å².